The Balaban J connectivity index is 1.43. The molecule has 1 aromatic heterocycles. The van der Waals surface area contributed by atoms with Crippen LogP contribution in [0.1, 0.15) is 67.1 Å². The van der Waals surface area contributed by atoms with E-state index < -0.39 is 0 Å². The summed E-state index contributed by atoms with van der Waals surface area (Å²) in [5.74, 6) is 0.623. The molecule has 32 heavy (non-hydrogen) atoms. The minimum Gasteiger partial charge on any atom is -0.467 e. The predicted octanol–water partition coefficient (Wildman–Crippen LogP) is 4.43. The molecule has 1 unspecified atom stereocenters. The molecule has 6 heteroatoms. The lowest BCUT2D eigenvalue weighted by Gasteiger charge is -2.29. The molecule has 2 heterocycles. The average molecular weight is 439 g/mol. The zero-order valence-electron chi connectivity index (χ0n) is 19.0. The van der Waals surface area contributed by atoms with Gasteiger partial charge in [0.25, 0.3) is 5.91 Å². The van der Waals surface area contributed by atoms with Crippen molar-refractivity contribution in [2.45, 2.75) is 70.6 Å². The maximum Gasteiger partial charge on any atom is 0.254 e. The van der Waals surface area contributed by atoms with Gasteiger partial charge in [-0.15, -0.1) is 0 Å². The van der Waals surface area contributed by atoms with Gasteiger partial charge in [0.2, 0.25) is 5.91 Å². The summed E-state index contributed by atoms with van der Waals surface area (Å²) in [5.41, 5.74) is 1.90. The van der Waals surface area contributed by atoms with E-state index in [4.69, 9.17) is 9.15 Å². The Kier molecular flexibility index (Phi) is 7.63. The molecule has 6 nitrogen and oxygen atoms in total. The van der Waals surface area contributed by atoms with Crippen molar-refractivity contribution < 1.29 is 18.7 Å². The molecule has 0 N–H and O–H groups in total. The summed E-state index contributed by atoms with van der Waals surface area (Å²) in [4.78, 5) is 30.2. The Morgan fingerprint density at radius 3 is 2.53 bits per heavy atom. The van der Waals surface area contributed by atoms with Crippen LogP contribution in [0.25, 0.3) is 0 Å². The zero-order chi connectivity index (χ0) is 22.3. The van der Waals surface area contributed by atoms with Crippen LogP contribution in [0.5, 0.6) is 0 Å². The third-order valence-electron chi connectivity index (χ3n) is 6.30. The van der Waals surface area contributed by atoms with Crippen LogP contribution >= 0.6 is 0 Å². The van der Waals surface area contributed by atoms with Gasteiger partial charge in [-0.05, 0) is 68.4 Å². The predicted molar refractivity (Wildman–Crippen MR) is 122 cm³/mol. The van der Waals surface area contributed by atoms with Gasteiger partial charge in [0, 0.05) is 24.8 Å². The summed E-state index contributed by atoms with van der Waals surface area (Å²) in [6.45, 7) is 3.93. The number of nitrogens with zero attached hydrogens (tertiary/aromatic N) is 2. The fourth-order valence-corrected chi connectivity index (χ4v) is 4.24. The largest absolute Gasteiger partial charge is 0.467 e. The molecule has 1 aliphatic heterocycles. The topological polar surface area (TPSA) is 63.0 Å². The van der Waals surface area contributed by atoms with Gasteiger partial charge >= 0.3 is 0 Å². The highest BCUT2D eigenvalue weighted by molar-refractivity contribution is 5.97. The molecule has 1 aromatic carbocycles. The van der Waals surface area contributed by atoms with Crippen LogP contribution in [-0.2, 0) is 22.5 Å². The summed E-state index contributed by atoms with van der Waals surface area (Å²) in [6, 6.07) is 11.7. The monoisotopic (exact) mass is 438 g/mol. The number of aryl methyl sites for hydroxylation is 1. The Morgan fingerprint density at radius 1 is 1.09 bits per heavy atom. The minimum atomic E-state index is -0.0586. The molecule has 1 aliphatic carbocycles. The van der Waals surface area contributed by atoms with Crippen LogP contribution in [0.15, 0.2) is 47.1 Å². The van der Waals surface area contributed by atoms with E-state index in [1.165, 1.54) is 5.56 Å². The van der Waals surface area contributed by atoms with Gasteiger partial charge in [0.1, 0.15) is 12.3 Å². The van der Waals surface area contributed by atoms with Crippen molar-refractivity contribution in [3.63, 3.8) is 0 Å². The van der Waals surface area contributed by atoms with E-state index in [2.05, 4.69) is 6.92 Å². The quantitative estimate of drug-likeness (QED) is 0.521. The molecule has 0 bridgehead atoms. The lowest BCUT2D eigenvalue weighted by atomic mass is 10.1. The van der Waals surface area contributed by atoms with Crippen molar-refractivity contribution in [2.75, 3.05) is 19.7 Å². The number of hydrogen-bond donors (Lipinski definition) is 0. The van der Waals surface area contributed by atoms with Crippen molar-refractivity contribution in [3.8, 4) is 0 Å². The highest BCUT2D eigenvalue weighted by Crippen LogP contribution is 2.29. The zero-order valence-corrected chi connectivity index (χ0v) is 19.0. The first-order valence-electron chi connectivity index (χ1n) is 12.0. The van der Waals surface area contributed by atoms with Gasteiger partial charge in [-0.25, -0.2) is 0 Å². The molecule has 2 fully saturated rings. The van der Waals surface area contributed by atoms with Crippen LogP contribution in [0.2, 0.25) is 0 Å². The summed E-state index contributed by atoms with van der Waals surface area (Å²) >= 11 is 0. The number of rotatable bonds is 11. The fraction of sp³-hybridized carbons (Fsp3) is 0.538. The number of ether oxygens (including phenoxy) is 1. The Hall–Kier alpha value is -2.60. The lowest BCUT2D eigenvalue weighted by Crippen LogP contribution is -2.45. The first kappa shape index (κ1) is 22.6. The molecule has 172 valence electrons. The standard InChI is InChI=1S/C26H34N2O4/c1-2-3-6-20-9-11-21(12-10-20)26(30)28(22-13-14-22)19-25(29)27(17-23-7-4-15-31-23)18-24-8-5-16-32-24/h4,7,9-12,15,22,24H,2-3,5-6,8,13-14,16-19H2,1H3. The molecule has 2 aromatic rings. The van der Waals surface area contributed by atoms with Crippen molar-refractivity contribution >= 4 is 11.8 Å². The van der Waals surface area contributed by atoms with E-state index in [-0.39, 0.29) is 30.5 Å². The summed E-state index contributed by atoms with van der Waals surface area (Å²) in [7, 11) is 0. The second-order valence-corrected chi connectivity index (χ2v) is 8.95. The van der Waals surface area contributed by atoms with Crippen molar-refractivity contribution in [2.24, 2.45) is 0 Å². The van der Waals surface area contributed by atoms with E-state index in [1.54, 1.807) is 16.1 Å². The van der Waals surface area contributed by atoms with E-state index in [1.807, 2.05) is 36.4 Å². The number of hydrogen-bond acceptors (Lipinski definition) is 4. The van der Waals surface area contributed by atoms with Gasteiger partial charge in [-0.1, -0.05) is 25.5 Å². The molecule has 2 amide bonds. The van der Waals surface area contributed by atoms with Crippen LogP contribution < -0.4 is 0 Å². The van der Waals surface area contributed by atoms with E-state index in [0.29, 0.717) is 18.7 Å². The van der Waals surface area contributed by atoms with Gasteiger partial charge in [-0.2, -0.15) is 0 Å². The molecule has 0 spiro atoms. The minimum absolute atomic E-state index is 0.0506. The SMILES string of the molecule is CCCCc1ccc(C(=O)N(CC(=O)N(Cc2ccco2)CC2CCCO2)C2CC2)cc1. The Labute approximate surface area is 190 Å². The number of carbonyl (C=O) groups excluding carboxylic acids is 2. The molecule has 1 saturated carbocycles. The second kappa shape index (κ2) is 10.8. The molecular formula is C26H34N2O4. The van der Waals surface area contributed by atoms with Crippen molar-refractivity contribution in [1.82, 2.24) is 9.80 Å². The van der Waals surface area contributed by atoms with Crippen molar-refractivity contribution in [1.29, 1.82) is 0 Å². The number of carbonyl (C=O) groups is 2. The third kappa shape index (κ3) is 6.00. The molecule has 1 saturated heterocycles. The number of benzene rings is 1. The molecular weight excluding hydrogens is 404 g/mol. The molecule has 2 aliphatic rings. The van der Waals surface area contributed by atoms with Gasteiger partial charge in [0.15, 0.2) is 0 Å². The Bertz CT molecular complexity index is 868. The summed E-state index contributed by atoms with van der Waals surface area (Å²) < 4.78 is 11.3. The van der Waals surface area contributed by atoms with Crippen LogP contribution in [0.4, 0.5) is 0 Å². The maximum absolute atomic E-state index is 13.3. The third-order valence-corrected chi connectivity index (χ3v) is 6.30. The first-order chi connectivity index (χ1) is 15.6. The average Bonchev–Trinajstić information content (AvgIpc) is 3.27. The summed E-state index contributed by atoms with van der Waals surface area (Å²) in [5, 5.41) is 0. The maximum atomic E-state index is 13.3. The van der Waals surface area contributed by atoms with Crippen LogP contribution in [0, 0.1) is 0 Å². The smallest absolute Gasteiger partial charge is 0.254 e. The normalized spacial score (nSPS) is 18.0. The van der Waals surface area contributed by atoms with Crippen molar-refractivity contribution in [3.05, 3.63) is 59.5 Å². The number of amides is 2. The fourth-order valence-electron chi connectivity index (χ4n) is 4.24. The van der Waals surface area contributed by atoms with Gasteiger partial charge in [-0.3, -0.25) is 9.59 Å². The van der Waals surface area contributed by atoms with Gasteiger partial charge in [0.05, 0.1) is 18.9 Å². The first-order valence-corrected chi connectivity index (χ1v) is 12.0. The molecule has 1 atom stereocenters. The Morgan fingerprint density at radius 2 is 1.91 bits per heavy atom. The van der Waals surface area contributed by atoms with E-state index >= 15 is 0 Å². The van der Waals surface area contributed by atoms with Gasteiger partial charge < -0.3 is 19.0 Å². The lowest BCUT2D eigenvalue weighted by molar-refractivity contribution is -0.134. The molecule has 4 rings (SSSR count). The summed E-state index contributed by atoms with van der Waals surface area (Å²) in [6.07, 6.45) is 8.88. The second-order valence-electron chi connectivity index (χ2n) is 8.95. The van der Waals surface area contributed by atoms with Crippen LogP contribution in [0.3, 0.4) is 0 Å². The highest BCUT2D eigenvalue weighted by atomic mass is 16.5. The van der Waals surface area contributed by atoms with E-state index in [0.717, 1.165) is 57.3 Å². The van der Waals surface area contributed by atoms with E-state index in [9.17, 15) is 9.59 Å². The van der Waals surface area contributed by atoms with Crippen LogP contribution in [-0.4, -0.2) is 53.5 Å². The highest BCUT2D eigenvalue weighted by Gasteiger charge is 2.36. The molecule has 0 radical (unpaired) electrons. The number of unbranched alkanes of at least 4 members (excludes halogenated alkanes) is 1. The number of furan rings is 1.